The molecule has 0 aliphatic heterocycles. The zero-order chi connectivity index (χ0) is 18.5. The first-order valence-corrected chi connectivity index (χ1v) is 7.88. The fourth-order valence-corrected chi connectivity index (χ4v) is 2.19. The Hall–Kier alpha value is -3.33. The molecule has 9 nitrogen and oxygen atoms in total. The Kier molecular flexibility index (Phi) is 5.18. The predicted octanol–water partition coefficient (Wildman–Crippen LogP) is 1.89. The van der Waals surface area contributed by atoms with Gasteiger partial charge in [-0.05, 0) is 53.7 Å². The van der Waals surface area contributed by atoms with Gasteiger partial charge in [0.2, 0.25) is 0 Å². The second-order valence-electron chi connectivity index (χ2n) is 5.18. The van der Waals surface area contributed by atoms with Crippen LogP contribution >= 0.6 is 11.6 Å². The molecule has 1 N–H and O–H groups in total. The van der Waals surface area contributed by atoms with Crippen LogP contribution in [0.25, 0.3) is 5.69 Å². The summed E-state index contributed by atoms with van der Waals surface area (Å²) in [6.45, 7) is 1.47. The van der Waals surface area contributed by atoms with Gasteiger partial charge >= 0.3 is 5.97 Å². The second-order valence-corrected chi connectivity index (χ2v) is 5.54. The van der Waals surface area contributed by atoms with Gasteiger partial charge in [0.05, 0.1) is 16.9 Å². The quantitative estimate of drug-likeness (QED) is 0.537. The number of rotatable bonds is 5. The number of esters is 1. The summed E-state index contributed by atoms with van der Waals surface area (Å²) in [5, 5.41) is 13.5. The fourth-order valence-electron chi connectivity index (χ4n) is 2.03. The van der Waals surface area contributed by atoms with E-state index in [0.717, 1.165) is 0 Å². The molecule has 132 valence electrons. The van der Waals surface area contributed by atoms with Gasteiger partial charge in [-0.15, -0.1) is 5.10 Å². The van der Waals surface area contributed by atoms with Crippen molar-refractivity contribution < 1.29 is 14.3 Å². The molecule has 1 amide bonds. The topological polar surface area (TPSA) is 112 Å². The number of carbonyl (C=O) groups excluding carboxylic acids is 2. The largest absolute Gasteiger partial charge is 0.449 e. The minimum atomic E-state index is -1.02. The molecule has 2 heterocycles. The number of pyridine rings is 1. The third kappa shape index (κ3) is 4.01. The van der Waals surface area contributed by atoms with Crippen molar-refractivity contribution in [3.8, 4) is 5.69 Å². The van der Waals surface area contributed by atoms with E-state index < -0.39 is 18.0 Å². The average Bonchev–Trinajstić information content (AvgIpc) is 3.18. The third-order valence-corrected chi connectivity index (χ3v) is 3.69. The Morgan fingerprint density at radius 3 is 2.65 bits per heavy atom. The first-order chi connectivity index (χ1) is 12.5. The lowest BCUT2D eigenvalue weighted by molar-refractivity contribution is -0.123. The van der Waals surface area contributed by atoms with Crippen LogP contribution in [0.15, 0.2) is 48.9 Å². The molecule has 0 bridgehead atoms. The molecule has 3 rings (SSSR count). The molecule has 10 heteroatoms. The number of carbonyl (C=O) groups is 2. The van der Waals surface area contributed by atoms with Gasteiger partial charge in [0.25, 0.3) is 5.91 Å². The molecule has 1 aromatic carbocycles. The standard InChI is InChI=1S/C16H13ClN6O3/c1-10(15(24)20-13-3-2-8-18-14(13)17)26-16(25)11-4-6-12(7-5-11)23-9-19-21-22-23/h2-10H,1H3,(H,20,24). The Balaban J connectivity index is 1.61. The molecule has 1 atom stereocenters. The number of aromatic nitrogens is 5. The smallest absolute Gasteiger partial charge is 0.338 e. The van der Waals surface area contributed by atoms with Gasteiger partial charge < -0.3 is 10.1 Å². The molecule has 1 unspecified atom stereocenters. The Morgan fingerprint density at radius 2 is 2.00 bits per heavy atom. The van der Waals surface area contributed by atoms with Crippen LogP contribution in [0, 0.1) is 0 Å². The number of nitrogens with one attached hydrogen (secondary N) is 1. The maximum absolute atomic E-state index is 12.2. The summed E-state index contributed by atoms with van der Waals surface area (Å²) in [7, 11) is 0. The van der Waals surface area contributed by atoms with Gasteiger partial charge in [0, 0.05) is 6.20 Å². The van der Waals surface area contributed by atoms with E-state index in [9.17, 15) is 9.59 Å². The molecule has 0 radical (unpaired) electrons. The lowest BCUT2D eigenvalue weighted by Gasteiger charge is -2.14. The minimum absolute atomic E-state index is 0.151. The molecule has 3 aromatic rings. The van der Waals surface area contributed by atoms with Crippen LogP contribution in [0.2, 0.25) is 5.15 Å². The summed E-state index contributed by atoms with van der Waals surface area (Å²) in [5.41, 5.74) is 1.32. The maximum Gasteiger partial charge on any atom is 0.338 e. The van der Waals surface area contributed by atoms with Gasteiger partial charge in [-0.3, -0.25) is 4.79 Å². The molecule has 0 saturated carbocycles. The van der Waals surface area contributed by atoms with Crippen molar-refractivity contribution >= 4 is 29.2 Å². The summed E-state index contributed by atoms with van der Waals surface area (Å²) in [4.78, 5) is 28.2. The number of halogens is 1. The Labute approximate surface area is 152 Å². The number of hydrogen-bond donors (Lipinski definition) is 1. The van der Waals surface area contributed by atoms with Crippen LogP contribution in [0.4, 0.5) is 5.69 Å². The van der Waals surface area contributed by atoms with Crippen molar-refractivity contribution in [3.05, 3.63) is 59.6 Å². The molecule has 0 fully saturated rings. The van der Waals surface area contributed by atoms with Crippen molar-refractivity contribution in [2.45, 2.75) is 13.0 Å². The highest BCUT2D eigenvalue weighted by Crippen LogP contribution is 2.18. The molecular formula is C16H13ClN6O3. The van der Waals surface area contributed by atoms with E-state index in [1.807, 2.05) is 0 Å². The van der Waals surface area contributed by atoms with Crippen LogP contribution in [-0.4, -0.2) is 43.2 Å². The lowest BCUT2D eigenvalue weighted by Crippen LogP contribution is -2.30. The molecule has 0 aliphatic carbocycles. The van der Waals surface area contributed by atoms with E-state index in [1.165, 1.54) is 24.1 Å². The van der Waals surface area contributed by atoms with Crippen LogP contribution in [0.5, 0.6) is 0 Å². The number of amides is 1. The van der Waals surface area contributed by atoms with Crippen LogP contribution in [0.1, 0.15) is 17.3 Å². The van der Waals surface area contributed by atoms with E-state index >= 15 is 0 Å². The summed E-state index contributed by atoms with van der Waals surface area (Å²) in [6.07, 6.45) is 1.92. The highest BCUT2D eigenvalue weighted by molar-refractivity contribution is 6.32. The van der Waals surface area contributed by atoms with Crippen LogP contribution in [0.3, 0.4) is 0 Å². The van der Waals surface area contributed by atoms with Crippen LogP contribution in [-0.2, 0) is 9.53 Å². The van der Waals surface area contributed by atoms with E-state index in [2.05, 4.69) is 25.8 Å². The van der Waals surface area contributed by atoms with Crippen molar-refractivity contribution in [1.29, 1.82) is 0 Å². The second kappa shape index (κ2) is 7.70. The highest BCUT2D eigenvalue weighted by atomic mass is 35.5. The maximum atomic E-state index is 12.2. The summed E-state index contributed by atoms with van der Waals surface area (Å²) in [5.74, 6) is -1.15. The number of hydrogen-bond acceptors (Lipinski definition) is 7. The first-order valence-electron chi connectivity index (χ1n) is 7.50. The molecule has 0 saturated heterocycles. The number of benzene rings is 1. The molecule has 2 aromatic heterocycles. The predicted molar refractivity (Wildman–Crippen MR) is 91.9 cm³/mol. The van der Waals surface area contributed by atoms with Gasteiger partial charge in [-0.1, -0.05) is 11.6 Å². The summed E-state index contributed by atoms with van der Waals surface area (Å²) >= 11 is 5.88. The molecule has 26 heavy (non-hydrogen) atoms. The number of nitrogens with zero attached hydrogens (tertiary/aromatic N) is 5. The van der Waals surface area contributed by atoms with Crippen LogP contribution < -0.4 is 5.32 Å². The number of ether oxygens (including phenoxy) is 1. The minimum Gasteiger partial charge on any atom is -0.449 e. The lowest BCUT2D eigenvalue weighted by atomic mass is 10.2. The van der Waals surface area contributed by atoms with Gasteiger partial charge in [0.1, 0.15) is 6.33 Å². The molecular weight excluding hydrogens is 360 g/mol. The fraction of sp³-hybridized carbons (Fsp3) is 0.125. The molecule has 0 spiro atoms. The van der Waals surface area contributed by atoms with Gasteiger partial charge in [0.15, 0.2) is 11.3 Å². The average molecular weight is 373 g/mol. The van der Waals surface area contributed by atoms with E-state index in [0.29, 0.717) is 16.9 Å². The first kappa shape index (κ1) is 17.5. The normalized spacial score (nSPS) is 11.6. The van der Waals surface area contributed by atoms with E-state index in [4.69, 9.17) is 16.3 Å². The zero-order valence-corrected chi connectivity index (χ0v) is 14.3. The van der Waals surface area contributed by atoms with Crippen molar-refractivity contribution in [2.75, 3.05) is 5.32 Å². The van der Waals surface area contributed by atoms with Gasteiger partial charge in [-0.25, -0.2) is 14.5 Å². The zero-order valence-electron chi connectivity index (χ0n) is 13.5. The Bertz CT molecular complexity index is 914. The summed E-state index contributed by atoms with van der Waals surface area (Å²) in [6, 6.07) is 9.66. The molecule has 0 aliphatic rings. The monoisotopic (exact) mass is 372 g/mol. The van der Waals surface area contributed by atoms with Crippen molar-refractivity contribution in [1.82, 2.24) is 25.2 Å². The van der Waals surface area contributed by atoms with Crippen molar-refractivity contribution in [3.63, 3.8) is 0 Å². The highest BCUT2D eigenvalue weighted by Gasteiger charge is 2.20. The number of tetrazole rings is 1. The number of anilines is 1. The summed E-state index contributed by atoms with van der Waals surface area (Å²) < 4.78 is 6.63. The van der Waals surface area contributed by atoms with Crippen molar-refractivity contribution in [2.24, 2.45) is 0 Å². The van der Waals surface area contributed by atoms with E-state index in [1.54, 1.807) is 36.4 Å². The third-order valence-electron chi connectivity index (χ3n) is 3.39. The SMILES string of the molecule is CC(OC(=O)c1ccc(-n2cnnn2)cc1)C(=O)Nc1cccnc1Cl. The Morgan fingerprint density at radius 1 is 1.23 bits per heavy atom. The van der Waals surface area contributed by atoms with E-state index in [-0.39, 0.29) is 5.15 Å². The van der Waals surface area contributed by atoms with Gasteiger partial charge in [-0.2, -0.15) is 0 Å².